The first-order valence-corrected chi connectivity index (χ1v) is 5.07. The molecule has 0 saturated heterocycles. The first-order chi connectivity index (χ1) is 7.02. The third kappa shape index (κ3) is 1.43. The summed E-state index contributed by atoms with van der Waals surface area (Å²) in [5, 5.41) is 0.473. The van der Waals surface area contributed by atoms with E-state index < -0.39 is 0 Å². The summed E-state index contributed by atoms with van der Waals surface area (Å²) in [6, 6.07) is 4.63. The maximum Gasteiger partial charge on any atom is 0.261 e. The smallest absolute Gasteiger partial charge is 0.261 e. The van der Waals surface area contributed by atoms with Gasteiger partial charge in [-0.25, -0.2) is 0 Å². The van der Waals surface area contributed by atoms with Crippen LogP contribution in [-0.2, 0) is 0 Å². The molecule has 0 aromatic heterocycles. The highest BCUT2D eigenvalue weighted by Gasteiger charge is 2.36. The van der Waals surface area contributed by atoms with Gasteiger partial charge in [-0.3, -0.25) is 14.5 Å². The zero-order valence-corrected chi connectivity index (χ0v) is 9.21. The van der Waals surface area contributed by atoms with Crippen molar-refractivity contribution in [1.82, 2.24) is 4.90 Å². The Kier molecular flexibility index (Phi) is 2.27. The quantitative estimate of drug-likeness (QED) is 0.686. The summed E-state index contributed by atoms with van der Waals surface area (Å²) in [4.78, 5) is 24.9. The van der Waals surface area contributed by atoms with Crippen LogP contribution in [0.25, 0.3) is 0 Å². The molecule has 0 radical (unpaired) electrons. The summed E-state index contributed by atoms with van der Waals surface area (Å²) in [5.74, 6) is -0.492. The van der Waals surface area contributed by atoms with E-state index in [1.165, 1.54) is 4.90 Å². The molecule has 1 aliphatic heterocycles. The van der Waals surface area contributed by atoms with Crippen molar-refractivity contribution in [2.24, 2.45) is 0 Å². The molecule has 78 valence electrons. The van der Waals surface area contributed by atoms with E-state index in [0.717, 1.165) is 0 Å². The van der Waals surface area contributed by atoms with Crippen LogP contribution in [0, 0.1) is 0 Å². The number of carbonyl (C=O) groups is 2. The van der Waals surface area contributed by atoms with Gasteiger partial charge in [-0.2, -0.15) is 0 Å². The molecule has 4 heteroatoms. The Morgan fingerprint density at radius 2 is 1.73 bits per heavy atom. The Morgan fingerprint density at radius 3 is 2.33 bits per heavy atom. The van der Waals surface area contributed by atoms with Gasteiger partial charge in [0.2, 0.25) is 0 Å². The number of imide groups is 1. The minimum atomic E-state index is -0.257. The summed E-state index contributed by atoms with van der Waals surface area (Å²) in [7, 11) is 0. The predicted octanol–water partition coefficient (Wildman–Crippen LogP) is 2.34. The van der Waals surface area contributed by atoms with Crippen molar-refractivity contribution in [1.29, 1.82) is 0 Å². The second-order valence-electron chi connectivity index (χ2n) is 3.76. The molecule has 0 spiro atoms. The number of carbonyl (C=O) groups excluding carboxylic acids is 2. The molecule has 0 fully saturated rings. The van der Waals surface area contributed by atoms with Gasteiger partial charge in [0.05, 0.1) is 11.1 Å². The average Bonchev–Trinajstić information content (AvgIpc) is 2.39. The molecule has 1 aromatic carbocycles. The molecule has 2 amide bonds. The summed E-state index contributed by atoms with van der Waals surface area (Å²) in [6.45, 7) is 3.62. The standard InChI is InChI=1S/C11H10ClNO2/c1-6(2)13-10(14)8-4-3-7(12)5-9(8)11(13)15/h3-6H,1-2H3. The van der Waals surface area contributed by atoms with Crippen molar-refractivity contribution in [2.75, 3.05) is 0 Å². The number of fused-ring (bicyclic) bond motifs is 1. The van der Waals surface area contributed by atoms with Gasteiger partial charge in [0.25, 0.3) is 11.8 Å². The monoisotopic (exact) mass is 223 g/mol. The summed E-state index contributed by atoms with van der Waals surface area (Å²) < 4.78 is 0. The maximum absolute atomic E-state index is 11.8. The van der Waals surface area contributed by atoms with Crippen molar-refractivity contribution in [3.8, 4) is 0 Å². The Balaban J connectivity index is 2.56. The zero-order chi connectivity index (χ0) is 11.2. The van der Waals surface area contributed by atoms with Crippen molar-refractivity contribution in [2.45, 2.75) is 19.9 Å². The number of amides is 2. The largest absolute Gasteiger partial charge is 0.272 e. The van der Waals surface area contributed by atoms with Crippen LogP contribution in [0.1, 0.15) is 34.6 Å². The van der Waals surface area contributed by atoms with Crippen LogP contribution < -0.4 is 0 Å². The van der Waals surface area contributed by atoms with E-state index in [-0.39, 0.29) is 17.9 Å². The Morgan fingerprint density at radius 1 is 1.13 bits per heavy atom. The molecule has 0 aliphatic carbocycles. The lowest BCUT2D eigenvalue weighted by Gasteiger charge is -2.17. The molecule has 0 atom stereocenters. The van der Waals surface area contributed by atoms with Crippen molar-refractivity contribution >= 4 is 23.4 Å². The van der Waals surface area contributed by atoms with Crippen LogP contribution in [-0.4, -0.2) is 22.8 Å². The minimum absolute atomic E-state index is 0.129. The predicted molar refractivity (Wildman–Crippen MR) is 57.1 cm³/mol. The second-order valence-corrected chi connectivity index (χ2v) is 4.20. The zero-order valence-electron chi connectivity index (χ0n) is 8.45. The van der Waals surface area contributed by atoms with Crippen molar-refractivity contribution in [3.63, 3.8) is 0 Å². The van der Waals surface area contributed by atoms with E-state index in [1.807, 2.05) is 13.8 Å². The number of nitrogens with zero attached hydrogens (tertiary/aromatic N) is 1. The normalized spacial score (nSPS) is 15.1. The summed E-state index contributed by atoms with van der Waals surface area (Å²) >= 11 is 5.78. The lowest BCUT2D eigenvalue weighted by atomic mass is 10.1. The Bertz CT molecular complexity index is 454. The fourth-order valence-corrected chi connectivity index (χ4v) is 1.87. The molecule has 15 heavy (non-hydrogen) atoms. The fraction of sp³-hybridized carbons (Fsp3) is 0.273. The van der Waals surface area contributed by atoms with Gasteiger partial charge in [0, 0.05) is 11.1 Å². The van der Waals surface area contributed by atoms with E-state index in [1.54, 1.807) is 18.2 Å². The molecule has 0 unspecified atom stereocenters. The van der Waals surface area contributed by atoms with Gasteiger partial charge < -0.3 is 0 Å². The van der Waals surface area contributed by atoms with Gasteiger partial charge in [-0.15, -0.1) is 0 Å². The molecule has 0 N–H and O–H groups in total. The Hall–Kier alpha value is -1.35. The van der Waals surface area contributed by atoms with Gasteiger partial charge in [-0.05, 0) is 32.0 Å². The average molecular weight is 224 g/mol. The lowest BCUT2D eigenvalue weighted by Crippen LogP contribution is -2.35. The molecule has 0 saturated carbocycles. The number of hydrogen-bond acceptors (Lipinski definition) is 2. The van der Waals surface area contributed by atoms with Gasteiger partial charge in [0.15, 0.2) is 0 Å². The number of benzene rings is 1. The topological polar surface area (TPSA) is 37.4 Å². The van der Waals surface area contributed by atoms with Crippen LogP contribution in [0.2, 0.25) is 5.02 Å². The summed E-state index contributed by atoms with van der Waals surface area (Å²) in [5.41, 5.74) is 0.847. The highest BCUT2D eigenvalue weighted by atomic mass is 35.5. The summed E-state index contributed by atoms with van der Waals surface area (Å²) in [6.07, 6.45) is 0. The van der Waals surface area contributed by atoms with Crippen LogP contribution >= 0.6 is 11.6 Å². The van der Waals surface area contributed by atoms with Crippen LogP contribution in [0.4, 0.5) is 0 Å². The number of halogens is 1. The third-order valence-electron chi connectivity index (χ3n) is 2.40. The van der Waals surface area contributed by atoms with E-state index in [0.29, 0.717) is 16.1 Å². The van der Waals surface area contributed by atoms with Gasteiger partial charge in [-0.1, -0.05) is 11.6 Å². The molecular formula is C11H10ClNO2. The van der Waals surface area contributed by atoms with Crippen molar-refractivity contribution in [3.05, 3.63) is 34.3 Å². The molecule has 0 bridgehead atoms. The minimum Gasteiger partial charge on any atom is -0.272 e. The van der Waals surface area contributed by atoms with Crippen LogP contribution in [0.3, 0.4) is 0 Å². The molecule has 1 heterocycles. The molecule has 2 rings (SSSR count). The highest BCUT2D eigenvalue weighted by molar-refractivity contribution is 6.32. The highest BCUT2D eigenvalue weighted by Crippen LogP contribution is 2.26. The number of hydrogen-bond donors (Lipinski definition) is 0. The SMILES string of the molecule is CC(C)N1C(=O)c2ccc(Cl)cc2C1=O. The number of rotatable bonds is 1. The molecular weight excluding hydrogens is 214 g/mol. The first-order valence-electron chi connectivity index (χ1n) is 4.70. The van der Waals surface area contributed by atoms with E-state index in [4.69, 9.17) is 11.6 Å². The third-order valence-corrected chi connectivity index (χ3v) is 2.63. The molecule has 1 aromatic rings. The second kappa shape index (κ2) is 3.35. The first kappa shape index (κ1) is 10.2. The Labute approximate surface area is 92.6 Å². The maximum atomic E-state index is 11.8. The van der Waals surface area contributed by atoms with Gasteiger partial charge >= 0.3 is 0 Å². The molecule has 3 nitrogen and oxygen atoms in total. The molecule has 1 aliphatic rings. The van der Waals surface area contributed by atoms with E-state index >= 15 is 0 Å². The fourth-order valence-electron chi connectivity index (χ4n) is 1.70. The van der Waals surface area contributed by atoms with Gasteiger partial charge in [0.1, 0.15) is 0 Å². The van der Waals surface area contributed by atoms with Crippen LogP contribution in [0.15, 0.2) is 18.2 Å². The van der Waals surface area contributed by atoms with Crippen molar-refractivity contribution < 1.29 is 9.59 Å². The lowest BCUT2D eigenvalue weighted by molar-refractivity contribution is 0.0609. The van der Waals surface area contributed by atoms with E-state index in [9.17, 15) is 9.59 Å². The van der Waals surface area contributed by atoms with Crippen LogP contribution in [0.5, 0.6) is 0 Å². The van der Waals surface area contributed by atoms with E-state index in [2.05, 4.69) is 0 Å².